The fourth-order valence-electron chi connectivity index (χ4n) is 7.99. The number of nitrogens with one attached hydrogen (secondary N) is 1. The number of esters is 1. The Kier molecular flexibility index (Phi) is 48.2. The first-order valence-electron chi connectivity index (χ1n) is 28.8. The van der Waals surface area contributed by atoms with E-state index in [9.17, 15) is 19.0 Å². The molecule has 0 aliphatic rings. The van der Waals surface area contributed by atoms with Crippen LogP contribution >= 0.6 is 7.82 Å². The highest BCUT2D eigenvalue weighted by molar-refractivity contribution is 7.47. The predicted octanol–water partition coefficient (Wildman–Crippen LogP) is 17.3. The zero-order chi connectivity index (χ0) is 51.5. The molecular formula is C60H110N2O7P+. The predicted molar refractivity (Wildman–Crippen MR) is 300 cm³/mol. The lowest BCUT2D eigenvalue weighted by molar-refractivity contribution is -0.870. The first-order chi connectivity index (χ1) is 33.9. The van der Waals surface area contributed by atoms with Crippen LogP contribution in [0, 0.1) is 0 Å². The van der Waals surface area contributed by atoms with Crippen LogP contribution in [0.3, 0.4) is 0 Å². The highest BCUT2D eigenvalue weighted by atomic mass is 31.2. The molecule has 10 heteroatoms. The second-order valence-corrected chi connectivity index (χ2v) is 21.9. The van der Waals surface area contributed by atoms with Gasteiger partial charge in [-0.2, -0.15) is 0 Å². The van der Waals surface area contributed by atoms with Crippen molar-refractivity contribution in [3.63, 3.8) is 0 Å². The largest absolute Gasteiger partial charge is 0.472 e. The van der Waals surface area contributed by atoms with Gasteiger partial charge in [0.1, 0.15) is 19.3 Å². The molecule has 0 aliphatic heterocycles. The van der Waals surface area contributed by atoms with Crippen LogP contribution in [0.1, 0.15) is 245 Å². The second kappa shape index (κ2) is 50.0. The van der Waals surface area contributed by atoms with E-state index in [0.29, 0.717) is 17.4 Å². The summed E-state index contributed by atoms with van der Waals surface area (Å²) < 4.78 is 30.5. The van der Waals surface area contributed by atoms with Crippen LogP contribution in [0.2, 0.25) is 0 Å². The molecule has 9 nitrogen and oxygen atoms in total. The van der Waals surface area contributed by atoms with Crippen LogP contribution in [-0.4, -0.2) is 74.3 Å². The number of hydrogen-bond donors (Lipinski definition) is 2. The summed E-state index contributed by atoms with van der Waals surface area (Å²) in [6.45, 7) is 6.84. The molecule has 2 N–H and O–H groups in total. The number of amides is 1. The van der Waals surface area contributed by atoms with E-state index in [0.717, 1.165) is 70.6 Å². The van der Waals surface area contributed by atoms with E-state index in [1.165, 1.54) is 135 Å². The summed E-state index contributed by atoms with van der Waals surface area (Å²) in [6, 6.07) is -0.887. The molecule has 0 fully saturated rings. The average Bonchev–Trinajstić information content (AvgIpc) is 3.32. The smallest absolute Gasteiger partial charge is 0.456 e. The molecule has 0 rings (SSSR count). The summed E-state index contributed by atoms with van der Waals surface area (Å²) in [6.07, 6.45) is 63.5. The molecule has 0 aromatic rings. The summed E-state index contributed by atoms with van der Waals surface area (Å²) in [7, 11) is 1.45. The van der Waals surface area contributed by atoms with Crippen LogP contribution in [0.5, 0.6) is 0 Å². The SMILES string of the molecule is CC/C=C/C/C=C/C/C=C/C/C=C/C/C=C/CCC(=O)NC(COP(=O)(O)OCC[N+](C)(C)C)C(/C=C/CCCCCCCCCCC)OC(=O)CCCCCCCCCCCCCCCCCCC. The number of likely N-dealkylation sites (N-methyl/N-ethyl adjacent to an activating group) is 1. The molecule has 0 saturated carbocycles. The Hall–Kier alpha value is -2.55. The highest BCUT2D eigenvalue weighted by Crippen LogP contribution is 2.43. The number of allylic oxidation sites excluding steroid dienone is 11. The zero-order valence-corrected chi connectivity index (χ0v) is 47.1. The van der Waals surface area contributed by atoms with Crippen molar-refractivity contribution in [1.82, 2.24) is 5.32 Å². The fraction of sp³-hybridized carbons (Fsp3) is 0.767. The molecule has 0 aromatic heterocycles. The Morgan fingerprint density at radius 2 is 0.929 bits per heavy atom. The normalized spacial score (nSPS) is 14.3. The molecule has 1 amide bonds. The molecule has 3 unspecified atom stereocenters. The van der Waals surface area contributed by atoms with Gasteiger partial charge in [-0.15, -0.1) is 0 Å². The average molecular weight is 1000 g/mol. The van der Waals surface area contributed by atoms with Crippen molar-refractivity contribution in [1.29, 1.82) is 0 Å². The van der Waals surface area contributed by atoms with Crippen LogP contribution in [0.25, 0.3) is 0 Å². The van der Waals surface area contributed by atoms with Crippen molar-refractivity contribution in [3.8, 4) is 0 Å². The maximum absolute atomic E-state index is 13.4. The van der Waals surface area contributed by atoms with E-state index in [1.54, 1.807) is 0 Å². The monoisotopic (exact) mass is 1000 g/mol. The van der Waals surface area contributed by atoms with Gasteiger partial charge in [-0.1, -0.05) is 242 Å². The van der Waals surface area contributed by atoms with Gasteiger partial charge in [-0.05, 0) is 63.9 Å². The Labute approximate surface area is 432 Å². The molecule has 0 bridgehead atoms. The van der Waals surface area contributed by atoms with Gasteiger partial charge in [0.15, 0.2) is 0 Å². The van der Waals surface area contributed by atoms with E-state index in [1.807, 2.05) is 39.4 Å². The number of carbonyl (C=O) groups is 2. The quantitative estimate of drug-likeness (QED) is 0.0205. The number of nitrogens with zero attached hydrogens (tertiary/aromatic N) is 1. The second-order valence-electron chi connectivity index (χ2n) is 20.4. The minimum atomic E-state index is -4.46. The van der Waals surface area contributed by atoms with Crippen molar-refractivity contribution < 1.29 is 37.3 Å². The topological polar surface area (TPSA) is 111 Å². The lowest BCUT2D eigenvalue weighted by Gasteiger charge is -2.27. The van der Waals surface area contributed by atoms with Gasteiger partial charge in [0, 0.05) is 12.8 Å². The fourth-order valence-corrected chi connectivity index (χ4v) is 8.72. The zero-order valence-electron chi connectivity index (χ0n) is 46.2. The van der Waals surface area contributed by atoms with Crippen LogP contribution in [0.15, 0.2) is 72.9 Å². The number of phosphoric ester groups is 1. The summed E-state index contributed by atoms with van der Waals surface area (Å²) in [5.41, 5.74) is 0. The summed E-state index contributed by atoms with van der Waals surface area (Å²) in [5, 5.41) is 3.00. The third-order valence-corrected chi connectivity index (χ3v) is 13.4. The first-order valence-corrected chi connectivity index (χ1v) is 30.3. The lowest BCUT2D eigenvalue weighted by Crippen LogP contribution is -2.47. The van der Waals surface area contributed by atoms with Gasteiger partial charge < -0.3 is 19.4 Å². The number of rotatable bonds is 51. The maximum atomic E-state index is 13.4. The van der Waals surface area contributed by atoms with Gasteiger partial charge in [0.2, 0.25) is 5.91 Å². The van der Waals surface area contributed by atoms with Gasteiger partial charge in [-0.3, -0.25) is 18.6 Å². The summed E-state index contributed by atoms with van der Waals surface area (Å²) in [4.78, 5) is 37.5. The van der Waals surface area contributed by atoms with Crippen molar-refractivity contribution in [3.05, 3.63) is 72.9 Å². The Bertz CT molecular complexity index is 1430. The summed E-state index contributed by atoms with van der Waals surface area (Å²) in [5.74, 6) is -0.599. The number of carbonyl (C=O) groups excluding carboxylic acids is 2. The molecule has 0 radical (unpaired) electrons. The van der Waals surface area contributed by atoms with Crippen LogP contribution in [-0.2, 0) is 27.9 Å². The molecule has 3 atom stereocenters. The molecule has 0 heterocycles. The van der Waals surface area contributed by atoms with Gasteiger partial charge in [-0.25, -0.2) is 4.57 Å². The maximum Gasteiger partial charge on any atom is 0.472 e. The number of phosphoric acid groups is 1. The number of ether oxygens (including phenoxy) is 1. The molecule has 406 valence electrons. The van der Waals surface area contributed by atoms with E-state index in [4.69, 9.17) is 13.8 Å². The third kappa shape index (κ3) is 50.4. The van der Waals surface area contributed by atoms with Crippen molar-refractivity contribution in [2.75, 3.05) is 40.9 Å². The first kappa shape index (κ1) is 67.5. The molecule has 0 aromatic carbocycles. The number of unbranched alkanes of at least 4 members (excludes halogenated alkanes) is 25. The van der Waals surface area contributed by atoms with Crippen molar-refractivity contribution in [2.24, 2.45) is 0 Å². The Morgan fingerprint density at radius 1 is 0.514 bits per heavy atom. The highest BCUT2D eigenvalue weighted by Gasteiger charge is 2.30. The molecule has 70 heavy (non-hydrogen) atoms. The van der Waals surface area contributed by atoms with Crippen molar-refractivity contribution in [2.45, 2.75) is 258 Å². The molecule has 0 aliphatic carbocycles. The van der Waals surface area contributed by atoms with Crippen molar-refractivity contribution >= 4 is 19.7 Å². The van der Waals surface area contributed by atoms with Crippen LogP contribution < -0.4 is 5.32 Å². The standard InChI is InChI=1S/C60H109N2O7P/c1-7-10-13-16-19-22-25-27-29-31-33-35-38-41-44-47-50-53-60(64)69-58(51-48-45-42-39-36-24-21-18-15-12-9-3)57(56-68-70(65,66)67-55-54-62(4,5)6)61-59(63)52-49-46-43-40-37-34-32-30-28-26-23-20-17-14-11-8-2/h11,14,20,23,28,30,34,37,43,46,48,51,57-58H,7-10,12-13,15-19,21-22,24-27,29,31-33,35-36,38-42,44-45,47,49-50,52-56H2,1-6H3,(H-,61,63,65,66)/p+1/b14-11+,23-20+,30-28+,37-34+,46-43+,51-48+. The minimum absolute atomic E-state index is 0.0258. The van der Waals surface area contributed by atoms with E-state index >= 15 is 0 Å². The Morgan fingerprint density at radius 3 is 1.37 bits per heavy atom. The van der Waals surface area contributed by atoms with Gasteiger partial charge in [0.25, 0.3) is 0 Å². The third-order valence-electron chi connectivity index (χ3n) is 12.4. The minimum Gasteiger partial charge on any atom is -0.456 e. The van der Waals surface area contributed by atoms with Gasteiger partial charge >= 0.3 is 13.8 Å². The lowest BCUT2D eigenvalue weighted by atomic mass is 10.0. The van der Waals surface area contributed by atoms with E-state index in [2.05, 4.69) is 80.8 Å². The Balaban J connectivity index is 5.40. The molecular weight excluding hydrogens is 892 g/mol. The number of hydrogen-bond acceptors (Lipinski definition) is 6. The van der Waals surface area contributed by atoms with Crippen LogP contribution in [0.4, 0.5) is 0 Å². The number of quaternary nitrogens is 1. The van der Waals surface area contributed by atoms with Gasteiger partial charge in [0.05, 0.1) is 33.8 Å². The van der Waals surface area contributed by atoms with E-state index < -0.39 is 20.0 Å². The summed E-state index contributed by atoms with van der Waals surface area (Å²) >= 11 is 0. The van der Waals surface area contributed by atoms with E-state index in [-0.39, 0.29) is 37.9 Å². The molecule has 0 saturated heterocycles. The molecule has 0 spiro atoms.